The Labute approximate surface area is 116 Å². The molecule has 1 aromatic carbocycles. The quantitative estimate of drug-likeness (QED) is 0.875. The van der Waals surface area contributed by atoms with Crippen LogP contribution in [0.4, 0.5) is 5.69 Å². The fourth-order valence-electron chi connectivity index (χ4n) is 1.40. The molecule has 17 heavy (non-hydrogen) atoms. The van der Waals surface area contributed by atoms with E-state index in [2.05, 4.69) is 37.2 Å². The average molecular weight is 361 g/mol. The lowest BCUT2D eigenvalue weighted by atomic mass is 10.3. The molecule has 3 nitrogen and oxygen atoms in total. The van der Waals surface area contributed by atoms with Crippen molar-refractivity contribution in [3.8, 4) is 5.75 Å². The van der Waals surface area contributed by atoms with Gasteiger partial charge in [0.2, 0.25) is 0 Å². The number of benzene rings is 1. The smallest absolute Gasteiger partial charge is 0.183 e. The summed E-state index contributed by atoms with van der Waals surface area (Å²) < 4.78 is 12.2. The summed E-state index contributed by atoms with van der Waals surface area (Å²) in [6, 6.07) is 9.69. The highest BCUT2D eigenvalue weighted by atomic mass is 79.9. The average Bonchev–Trinajstić information content (AvgIpc) is 2.67. The van der Waals surface area contributed by atoms with Crippen LogP contribution in [0.25, 0.3) is 0 Å². The van der Waals surface area contributed by atoms with Crippen molar-refractivity contribution in [3.05, 3.63) is 45.2 Å². The van der Waals surface area contributed by atoms with Crippen LogP contribution in [0.1, 0.15) is 5.76 Å². The van der Waals surface area contributed by atoms with Crippen LogP contribution in [-0.4, -0.2) is 7.11 Å². The van der Waals surface area contributed by atoms with Crippen LogP contribution >= 0.6 is 31.9 Å². The number of furan rings is 1. The molecule has 5 heteroatoms. The van der Waals surface area contributed by atoms with E-state index < -0.39 is 0 Å². The van der Waals surface area contributed by atoms with Gasteiger partial charge in [0.1, 0.15) is 11.5 Å². The summed E-state index contributed by atoms with van der Waals surface area (Å²) in [4.78, 5) is 0. The number of methoxy groups -OCH3 is 1. The van der Waals surface area contributed by atoms with E-state index >= 15 is 0 Å². The molecule has 0 radical (unpaired) electrons. The largest absolute Gasteiger partial charge is 0.497 e. The van der Waals surface area contributed by atoms with Crippen molar-refractivity contribution < 1.29 is 9.15 Å². The minimum Gasteiger partial charge on any atom is -0.497 e. The first-order chi connectivity index (χ1) is 8.19. The minimum absolute atomic E-state index is 0.622. The molecule has 2 rings (SSSR count). The first-order valence-corrected chi connectivity index (χ1v) is 6.59. The Bertz CT molecular complexity index is 491. The summed E-state index contributed by atoms with van der Waals surface area (Å²) in [5, 5.41) is 3.26. The number of hydrogen-bond acceptors (Lipinski definition) is 3. The van der Waals surface area contributed by atoms with Gasteiger partial charge in [0.15, 0.2) is 4.67 Å². The van der Waals surface area contributed by atoms with Gasteiger partial charge in [-0.05, 0) is 50.1 Å². The van der Waals surface area contributed by atoms with E-state index in [-0.39, 0.29) is 0 Å². The number of hydrogen-bond donors (Lipinski definition) is 1. The van der Waals surface area contributed by atoms with Crippen LogP contribution < -0.4 is 10.1 Å². The fraction of sp³-hybridized carbons (Fsp3) is 0.167. The molecule has 0 aliphatic carbocycles. The SMILES string of the molecule is COc1cccc(NCc2cc(Br)c(Br)o2)c1. The van der Waals surface area contributed by atoms with Crippen LogP contribution in [0, 0.1) is 0 Å². The van der Waals surface area contributed by atoms with E-state index in [0.717, 1.165) is 21.7 Å². The van der Waals surface area contributed by atoms with E-state index in [0.29, 0.717) is 11.2 Å². The van der Waals surface area contributed by atoms with E-state index in [1.165, 1.54) is 0 Å². The van der Waals surface area contributed by atoms with Gasteiger partial charge < -0.3 is 14.5 Å². The third-order valence-electron chi connectivity index (χ3n) is 2.23. The molecule has 0 saturated heterocycles. The van der Waals surface area contributed by atoms with Crippen molar-refractivity contribution in [1.82, 2.24) is 0 Å². The Balaban J connectivity index is 2.01. The summed E-state index contributed by atoms with van der Waals surface area (Å²) in [6.45, 7) is 0.622. The van der Waals surface area contributed by atoms with E-state index in [4.69, 9.17) is 9.15 Å². The molecule has 0 aliphatic heterocycles. The molecule has 1 heterocycles. The standard InChI is InChI=1S/C12H11Br2NO2/c1-16-9-4-2-3-8(5-9)15-7-10-6-11(13)12(14)17-10/h2-6,15H,7H2,1H3. The van der Waals surface area contributed by atoms with Crippen molar-refractivity contribution in [1.29, 1.82) is 0 Å². The lowest BCUT2D eigenvalue weighted by molar-refractivity contribution is 0.415. The molecule has 0 amide bonds. The molecular weight excluding hydrogens is 350 g/mol. The normalized spacial score (nSPS) is 10.3. The second-order valence-electron chi connectivity index (χ2n) is 3.42. The van der Waals surface area contributed by atoms with Gasteiger partial charge in [0, 0.05) is 11.8 Å². The minimum atomic E-state index is 0.622. The highest BCUT2D eigenvalue weighted by Crippen LogP contribution is 2.27. The van der Waals surface area contributed by atoms with Crippen LogP contribution in [-0.2, 0) is 6.54 Å². The molecule has 0 aliphatic rings. The number of halogens is 2. The molecule has 0 saturated carbocycles. The maximum atomic E-state index is 5.47. The van der Waals surface area contributed by atoms with Gasteiger partial charge in [-0.3, -0.25) is 0 Å². The zero-order chi connectivity index (χ0) is 12.3. The number of anilines is 1. The Hall–Kier alpha value is -0.940. The van der Waals surface area contributed by atoms with Crippen molar-refractivity contribution in [3.63, 3.8) is 0 Å². The van der Waals surface area contributed by atoms with Crippen molar-refractivity contribution >= 4 is 37.5 Å². The molecule has 1 aromatic heterocycles. The molecule has 0 atom stereocenters. The van der Waals surface area contributed by atoms with Gasteiger partial charge in [-0.25, -0.2) is 0 Å². The second kappa shape index (κ2) is 5.60. The Morgan fingerprint density at radius 2 is 2.12 bits per heavy atom. The molecule has 1 N–H and O–H groups in total. The van der Waals surface area contributed by atoms with Crippen LogP contribution in [0.5, 0.6) is 5.75 Å². The summed E-state index contributed by atoms with van der Waals surface area (Å²) in [6.07, 6.45) is 0. The predicted molar refractivity (Wildman–Crippen MR) is 74.4 cm³/mol. The molecule has 0 bridgehead atoms. The Morgan fingerprint density at radius 1 is 1.29 bits per heavy atom. The maximum Gasteiger partial charge on any atom is 0.183 e. The van der Waals surface area contributed by atoms with Gasteiger partial charge >= 0.3 is 0 Å². The number of ether oxygens (including phenoxy) is 1. The first kappa shape index (κ1) is 12.5. The van der Waals surface area contributed by atoms with Crippen molar-refractivity contribution in [2.24, 2.45) is 0 Å². The lowest BCUT2D eigenvalue weighted by Crippen LogP contribution is -1.98. The van der Waals surface area contributed by atoms with Crippen LogP contribution in [0.15, 0.2) is 43.9 Å². The third-order valence-corrected chi connectivity index (χ3v) is 3.94. The van der Waals surface area contributed by atoms with Crippen molar-refractivity contribution in [2.45, 2.75) is 6.54 Å². The zero-order valence-corrected chi connectivity index (χ0v) is 12.3. The van der Waals surface area contributed by atoms with Gasteiger partial charge in [-0.1, -0.05) is 6.07 Å². The summed E-state index contributed by atoms with van der Waals surface area (Å²) in [5.74, 6) is 1.68. The summed E-state index contributed by atoms with van der Waals surface area (Å²) >= 11 is 6.68. The predicted octanol–water partition coefficient (Wildman–Crippen LogP) is 4.43. The molecule has 2 aromatic rings. The summed E-state index contributed by atoms with van der Waals surface area (Å²) in [5.41, 5.74) is 0.994. The number of nitrogens with one attached hydrogen (secondary N) is 1. The molecule has 0 spiro atoms. The number of rotatable bonds is 4. The molecule has 90 valence electrons. The molecule has 0 unspecified atom stereocenters. The van der Waals surface area contributed by atoms with Crippen molar-refractivity contribution in [2.75, 3.05) is 12.4 Å². The Morgan fingerprint density at radius 3 is 2.76 bits per heavy atom. The van der Waals surface area contributed by atoms with Gasteiger partial charge in [-0.2, -0.15) is 0 Å². The topological polar surface area (TPSA) is 34.4 Å². The zero-order valence-electron chi connectivity index (χ0n) is 9.17. The van der Waals surface area contributed by atoms with Crippen LogP contribution in [0.2, 0.25) is 0 Å². The lowest BCUT2D eigenvalue weighted by Gasteiger charge is -2.06. The monoisotopic (exact) mass is 359 g/mol. The van der Waals surface area contributed by atoms with E-state index in [1.54, 1.807) is 7.11 Å². The fourth-order valence-corrected chi connectivity index (χ4v) is 2.06. The highest BCUT2D eigenvalue weighted by molar-refractivity contribution is 9.13. The van der Waals surface area contributed by atoms with Gasteiger partial charge in [0.25, 0.3) is 0 Å². The highest BCUT2D eigenvalue weighted by Gasteiger charge is 2.05. The van der Waals surface area contributed by atoms with Gasteiger partial charge in [-0.15, -0.1) is 0 Å². The third kappa shape index (κ3) is 3.26. The first-order valence-electron chi connectivity index (χ1n) is 5.00. The van der Waals surface area contributed by atoms with Crippen LogP contribution in [0.3, 0.4) is 0 Å². The van der Waals surface area contributed by atoms with E-state index in [9.17, 15) is 0 Å². The maximum absolute atomic E-state index is 5.47. The Kier molecular flexibility index (Phi) is 4.12. The van der Waals surface area contributed by atoms with E-state index in [1.807, 2.05) is 30.3 Å². The summed E-state index contributed by atoms with van der Waals surface area (Å²) in [7, 11) is 1.65. The molecular formula is C12H11Br2NO2. The second-order valence-corrected chi connectivity index (χ2v) is 4.99. The van der Waals surface area contributed by atoms with Gasteiger partial charge in [0.05, 0.1) is 18.1 Å². The molecule has 0 fully saturated rings.